The summed E-state index contributed by atoms with van der Waals surface area (Å²) in [6.07, 6.45) is 0. The third kappa shape index (κ3) is 3.25. The van der Waals surface area contributed by atoms with E-state index in [9.17, 15) is 0 Å². The zero-order valence-corrected chi connectivity index (χ0v) is 19.3. The summed E-state index contributed by atoms with van der Waals surface area (Å²) in [4.78, 5) is 3.94. The Morgan fingerprint density at radius 3 is 1.24 bits per heavy atom. The quantitative estimate of drug-likeness (QED) is 0.169. The normalized spacial score (nSPS) is 11.4. The topological polar surface area (TPSA) is 30.3 Å². The van der Waals surface area contributed by atoms with Crippen molar-refractivity contribution >= 4 is 60.4 Å². The Balaban J connectivity index is 1.43. The molecule has 6 aromatic carbocycles. The fourth-order valence-electron chi connectivity index (χ4n) is 4.94. The first-order chi connectivity index (χ1) is 16.6. The highest BCUT2D eigenvalue weighted by Crippen LogP contribution is 2.33. The molecule has 6 aromatic rings. The molecule has 0 spiro atoms. The summed E-state index contributed by atoms with van der Waals surface area (Å²) in [5.41, 5.74) is 2.04. The predicted octanol–water partition coefficient (Wildman–Crippen LogP) is 7.81. The molecule has 0 heterocycles. The van der Waals surface area contributed by atoms with E-state index in [0.29, 0.717) is 5.96 Å². The van der Waals surface area contributed by atoms with E-state index in [-0.39, 0.29) is 0 Å². The number of anilines is 2. The van der Waals surface area contributed by atoms with Crippen molar-refractivity contribution in [2.75, 3.05) is 23.9 Å². The first kappa shape index (κ1) is 20.3. The van der Waals surface area contributed by atoms with Crippen molar-refractivity contribution < 1.29 is 0 Å². The highest BCUT2D eigenvalue weighted by atomic mass is 15.3. The lowest BCUT2D eigenvalue weighted by molar-refractivity contribution is 1.13. The maximum absolute atomic E-state index is 9.10. The van der Waals surface area contributed by atoms with Crippen LogP contribution in [0.25, 0.3) is 43.1 Å². The maximum Gasteiger partial charge on any atom is 0.202 e. The van der Waals surface area contributed by atoms with Gasteiger partial charge in [-0.05, 0) is 68.7 Å². The minimum atomic E-state index is 0.418. The minimum Gasteiger partial charge on any atom is -0.315 e. The Labute approximate surface area is 199 Å². The first-order valence-electron chi connectivity index (χ1n) is 11.5. The van der Waals surface area contributed by atoms with E-state index >= 15 is 0 Å². The molecule has 0 atom stereocenters. The summed E-state index contributed by atoms with van der Waals surface area (Å²) in [5.74, 6) is 0.418. The van der Waals surface area contributed by atoms with Gasteiger partial charge >= 0.3 is 0 Å². The molecule has 0 radical (unpaired) electrons. The van der Waals surface area contributed by atoms with Crippen LogP contribution < -0.4 is 9.80 Å². The fourth-order valence-corrected chi connectivity index (χ4v) is 4.94. The van der Waals surface area contributed by atoms with Crippen LogP contribution >= 0.6 is 0 Å². The van der Waals surface area contributed by atoms with Gasteiger partial charge in [0.25, 0.3) is 0 Å². The number of hydrogen-bond donors (Lipinski definition) is 1. The van der Waals surface area contributed by atoms with Crippen LogP contribution in [0.5, 0.6) is 0 Å². The molecule has 1 N–H and O–H groups in total. The van der Waals surface area contributed by atoms with Gasteiger partial charge in [0.1, 0.15) is 0 Å². The molecule has 164 valence electrons. The van der Waals surface area contributed by atoms with Crippen molar-refractivity contribution in [3.63, 3.8) is 0 Å². The summed E-state index contributed by atoms with van der Waals surface area (Å²) < 4.78 is 0. The number of benzene rings is 6. The lowest BCUT2D eigenvalue weighted by Gasteiger charge is -2.30. The molecule has 0 amide bonds. The average molecular weight is 440 g/mol. The smallest absolute Gasteiger partial charge is 0.202 e. The molecular formula is C31H25N3. The monoisotopic (exact) mass is 439 g/mol. The molecule has 0 aromatic heterocycles. The van der Waals surface area contributed by atoms with Gasteiger partial charge < -0.3 is 9.80 Å². The van der Waals surface area contributed by atoms with E-state index in [0.717, 1.165) is 22.1 Å². The number of nitrogens with one attached hydrogen (secondary N) is 1. The highest BCUT2D eigenvalue weighted by Gasteiger charge is 2.18. The van der Waals surface area contributed by atoms with Gasteiger partial charge in [0.2, 0.25) is 5.96 Å². The molecular weight excluding hydrogens is 414 g/mol. The largest absolute Gasteiger partial charge is 0.315 e. The number of fused-ring (bicyclic) bond motifs is 4. The van der Waals surface area contributed by atoms with Crippen molar-refractivity contribution in [3.8, 4) is 0 Å². The predicted molar refractivity (Wildman–Crippen MR) is 147 cm³/mol. The lowest BCUT2D eigenvalue weighted by Crippen LogP contribution is -2.39. The van der Waals surface area contributed by atoms with Gasteiger partial charge in [0, 0.05) is 24.9 Å². The Morgan fingerprint density at radius 2 is 0.824 bits per heavy atom. The van der Waals surface area contributed by atoms with Crippen LogP contribution in [0.2, 0.25) is 0 Å². The van der Waals surface area contributed by atoms with Crippen LogP contribution in [0.3, 0.4) is 0 Å². The van der Waals surface area contributed by atoms with Gasteiger partial charge in [0.15, 0.2) is 0 Å². The fraction of sp³-hybridized carbons (Fsp3) is 0.0645. The molecule has 0 fully saturated rings. The van der Waals surface area contributed by atoms with Gasteiger partial charge in [-0.1, -0.05) is 72.8 Å². The van der Waals surface area contributed by atoms with Crippen molar-refractivity contribution in [1.29, 1.82) is 5.41 Å². The van der Waals surface area contributed by atoms with E-state index in [1.165, 1.54) is 32.3 Å². The molecule has 0 aliphatic rings. The van der Waals surface area contributed by atoms with Crippen LogP contribution in [-0.4, -0.2) is 20.1 Å². The Bertz CT molecular complexity index is 1590. The summed E-state index contributed by atoms with van der Waals surface area (Å²) in [6.45, 7) is 0. The summed E-state index contributed by atoms with van der Waals surface area (Å²) in [5, 5.41) is 18.6. The van der Waals surface area contributed by atoms with E-state index in [2.05, 4.69) is 109 Å². The van der Waals surface area contributed by atoms with Crippen molar-refractivity contribution in [2.45, 2.75) is 0 Å². The van der Waals surface area contributed by atoms with Crippen LogP contribution in [0.1, 0.15) is 0 Å². The number of rotatable bonds is 2. The molecule has 0 unspecified atom stereocenters. The Morgan fingerprint density at radius 1 is 0.471 bits per heavy atom. The van der Waals surface area contributed by atoms with Gasteiger partial charge in [0.05, 0.1) is 11.4 Å². The second-order valence-electron chi connectivity index (χ2n) is 8.84. The zero-order chi connectivity index (χ0) is 23.2. The molecule has 3 nitrogen and oxygen atoms in total. The Kier molecular flexibility index (Phi) is 4.70. The molecule has 34 heavy (non-hydrogen) atoms. The molecule has 0 bridgehead atoms. The SMILES string of the molecule is CN(C(=N)N(C)c1cccc2cc3ccccc3cc12)c1cccc2cc3ccccc3cc12. The van der Waals surface area contributed by atoms with Gasteiger partial charge in [-0.2, -0.15) is 0 Å². The third-order valence-corrected chi connectivity index (χ3v) is 6.81. The standard InChI is InChI=1S/C31H25N3/c1-33(29-15-7-13-25-17-21-9-3-5-11-23(21)19-27(25)29)31(32)34(2)30-16-8-14-26-18-22-10-4-6-12-24(22)20-28(26)30/h3-20,32H,1-2H3. The van der Waals surface area contributed by atoms with E-state index in [1.54, 1.807) is 0 Å². The van der Waals surface area contributed by atoms with Crippen molar-refractivity contribution in [1.82, 2.24) is 0 Å². The van der Waals surface area contributed by atoms with Gasteiger partial charge in [-0.15, -0.1) is 0 Å². The van der Waals surface area contributed by atoms with Crippen LogP contribution in [0.15, 0.2) is 109 Å². The first-order valence-corrected chi connectivity index (χ1v) is 11.5. The maximum atomic E-state index is 9.10. The number of nitrogens with zero attached hydrogens (tertiary/aromatic N) is 2. The van der Waals surface area contributed by atoms with Gasteiger partial charge in [-0.3, -0.25) is 5.41 Å². The van der Waals surface area contributed by atoms with E-state index in [1.807, 2.05) is 23.9 Å². The number of guanidine groups is 1. The third-order valence-electron chi connectivity index (χ3n) is 6.81. The molecule has 0 aliphatic heterocycles. The van der Waals surface area contributed by atoms with E-state index < -0.39 is 0 Å². The molecule has 0 aliphatic carbocycles. The second-order valence-corrected chi connectivity index (χ2v) is 8.84. The summed E-state index contributed by atoms with van der Waals surface area (Å²) in [7, 11) is 3.95. The average Bonchev–Trinajstić information content (AvgIpc) is 2.88. The summed E-state index contributed by atoms with van der Waals surface area (Å²) >= 11 is 0. The van der Waals surface area contributed by atoms with Crippen LogP contribution in [-0.2, 0) is 0 Å². The minimum absolute atomic E-state index is 0.418. The Hall–Kier alpha value is -4.37. The highest BCUT2D eigenvalue weighted by molar-refractivity contribution is 6.15. The second kappa shape index (κ2) is 7.89. The molecule has 0 saturated heterocycles. The van der Waals surface area contributed by atoms with Crippen molar-refractivity contribution in [3.05, 3.63) is 109 Å². The van der Waals surface area contributed by atoms with Crippen molar-refractivity contribution in [2.24, 2.45) is 0 Å². The molecule has 6 rings (SSSR count). The van der Waals surface area contributed by atoms with Crippen LogP contribution in [0.4, 0.5) is 11.4 Å². The molecule has 3 heteroatoms. The summed E-state index contributed by atoms with van der Waals surface area (Å²) in [6, 6.07) is 38.4. The number of hydrogen-bond acceptors (Lipinski definition) is 1. The zero-order valence-electron chi connectivity index (χ0n) is 19.3. The van der Waals surface area contributed by atoms with Crippen LogP contribution in [0, 0.1) is 5.41 Å². The molecule has 0 saturated carbocycles. The lowest BCUT2D eigenvalue weighted by atomic mass is 10.0. The van der Waals surface area contributed by atoms with Gasteiger partial charge in [-0.25, -0.2) is 0 Å². The van der Waals surface area contributed by atoms with E-state index in [4.69, 9.17) is 5.41 Å².